The number of piperidine rings is 1. The van der Waals surface area contributed by atoms with Crippen molar-refractivity contribution in [2.24, 2.45) is 5.92 Å². The average molecular weight is 465 g/mol. The van der Waals surface area contributed by atoms with Crippen LogP contribution < -0.4 is 5.32 Å². The summed E-state index contributed by atoms with van der Waals surface area (Å²) in [4.78, 5) is 37.4. The summed E-state index contributed by atoms with van der Waals surface area (Å²) in [5.74, 6) is -1.20. The molecule has 0 aromatic heterocycles. The van der Waals surface area contributed by atoms with Crippen LogP contribution in [-0.4, -0.2) is 54.2 Å². The lowest BCUT2D eigenvalue weighted by atomic mass is 9.98. The second kappa shape index (κ2) is 11.2. The summed E-state index contributed by atoms with van der Waals surface area (Å²) in [6, 6.07) is 16.5. The Bertz CT molecular complexity index is 992. The lowest BCUT2D eigenvalue weighted by Gasteiger charge is -2.30. The maximum Gasteiger partial charge on any atom is 0.407 e. The number of nitrogens with zero attached hydrogens (tertiary/aromatic N) is 1. The van der Waals surface area contributed by atoms with Crippen molar-refractivity contribution < 1.29 is 24.2 Å². The zero-order valence-electron chi connectivity index (χ0n) is 19.4. The highest BCUT2D eigenvalue weighted by molar-refractivity contribution is 5.79. The van der Waals surface area contributed by atoms with Crippen molar-refractivity contribution in [3.05, 3.63) is 59.7 Å². The van der Waals surface area contributed by atoms with Gasteiger partial charge in [0.15, 0.2) is 0 Å². The van der Waals surface area contributed by atoms with Gasteiger partial charge < -0.3 is 20.1 Å². The molecule has 4 rings (SSSR count). The predicted octanol–water partition coefficient (Wildman–Crippen LogP) is 4.41. The number of hydrogen-bond donors (Lipinski definition) is 2. The first-order valence-electron chi connectivity index (χ1n) is 12.1. The van der Waals surface area contributed by atoms with E-state index in [-0.39, 0.29) is 11.8 Å². The van der Waals surface area contributed by atoms with Crippen molar-refractivity contribution >= 4 is 18.0 Å². The summed E-state index contributed by atoms with van der Waals surface area (Å²) in [5, 5.41) is 12.0. The number of carboxylic acids is 1. The van der Waals surface area contributed by atoms with Crippen molar-refractivity contribution in [2.75, 3.05) is 26.2 Å². The van der Waals surface area contributed by atoms with Gasteiger partial charge in [0, 0.05) is 32.0 Å². The van der Waals surface area contributed by atoms with Gasteiger partial charge >= 0.3 is 12.1 Å². The van der Waals surface area contributed by atoms with Gasteiger partial charge in [-0.2, -0.15) is 0 Å². The van der Waals surface area contributed by atoms with Crippen LogP contribution in [0.15, 0.2) is 48.5 Å². The second-order valence-corrected chi connectivity index (χ2v) is 9.08. The number of carbonyl (C=O) groups is 3. The number of carboxylic acid groups (broad SMARTS) is 1. The topological polar surface area (TPSA) is 95.9 Å². The molecule has 180 valence electrons. The van der Waals surface area contributed by atoms with Crippen LogP contribution >= 0.6 is 0 Å². The Morgan fingerprint density at radius 1 is 0.971 bits per heavy atom. The molecule has 1 saturated heterocycles. The SMILES string of the molecule is O=C(NCCCCCC(=O)N1CCC[C@H](C(=O)O)C1)OCC1c2ccccc2-c2ccccc21. The van der Waals surface area contributed by atoms with E-state index in [1.165, 1.54) is 22.3 Å². The highest BCUT2D eigenvalue weighted by Gasteiger charge is 2.29. The van der Waals surface area contributed by atoms with Crippen molar-refractivity contribution in [3.8, 4) is 11.1 Å². The molecule has 0 spiro atoms. The molecule has 1 aliphatic heterocycles. The molecule has 2 aromatic rings. The quantitative estimate of drug-likeness (QED) is 0.536. The van der Waals surface area contributed by atoms with E-state index in [0.717, 1.165) is 25.7 Å². The number of aliphatic carboxylic acids is 1. The number of amides is 2. The second-order valence-electron chi connectivity index (χ2n) is 9.08. The Kier molecular flexibility index (Phi) is 7.83. The van der Waals surface area contributed by atoms with Gasteiger partial charge in [-0.15, -0.1) is 0 Å². The maximum atomic E-state index is 12.3. The molecule has 0 radical (unpaired) electrons. The van der Waals surface area contributed by atoms with Gasteiger partial charge in [0.25, 0.3) is 0 Å². The van der Waals surface area contributed by atoms with Gasteiger partial charge in [-0.1, -0.05) is 55.0 Å². The predicted molar refractivity (Wildman–Crippen MR) is 128 cm³/mol. The standard InChI is InChI=1S/C27H32N2O5/c30-25(29-16-8-9-19(17-29)26(31)32)14-2-1-7-15-28-27(33)34-18-24-22-12-5-3-10-20(22)21-11-4-6-13-23(21)24/h3-6,10-13,19,24H,1-2,7-9,14-18H2,(H,28,33)(H,31,32)/t19-/m0/s1. The zero-order valence-corrected chi connectivity index (χ0v) is 19.4. The molecule has 2 aliphatic rings. The smallest absolute Gasteiger partial charge is 0.407 e. The molecule has 1 heterocycles. The lowest BCUT2D eigenvalue weighted by molar-refractivity contribution is -0.145. The number of rotatable bonds is 9. The van der Waals surface area contributed by atoms with Gasteiger partial charge in [0.2, 0.25) is 5.91 Å². The fourth-order valence-electron chi connectivity index (χ4n) is 4.98. The molecule has 2 N–H and O–H groups in total. The molecule has 1 atom stereocenters. The monoisotopic (exact) mass is 464 g/mol. The van der Waals surface area contributed by atoms with Crippen LogP contribution in [0.3, 0.4) is 0 Å². The minimum Gasteiger partial charge on any atom is -0.481 e. The van der Waals surface area contributed by atoms with Crippen LogP contribution in [0.1, 0.15) is 55.6 Å². The van der Waals surface area contributed by atoms with E-state index >= 15 is 0 Å². The molecule has 0 unspecified atom stereocenters. The van der Waals surface area contributed by atoms with Crippen molar-refractivity contribution in [3.63, 3.8) is 0 Å². The van der Waals surface area contributed by atoms with Gasteiger partial charge in [-0.3, -0.25) is 9.59 Å². The molecule has 0 saturated carbocycles. The van der Waals surface area contributed by atoms with Crippen LogP contribution in [0.4, 0.5) is 4.79 Å². The first kappa shape index (κ1) is 23.8. The van der Waals surface area contributed by atoms with E-state index in [2.05, 4.69) is 29.6 Å². The Hall–Kier alpha value is -3.35. The number of hydrogen-bond acceptors (Lipinski definition) is 4. The summed E-state index contributed by atoms with van der Waals surface area (Å²) < 4.78 is 5.53. The summed E-state index contributed by atoms with van der Waals surface area (Å²) in [5.41, 5.74) is 4.77. The van der Waals surface area contributed by atoms with E-state index in [1.807, 2.05) is 24.3 Å². The Morgan fingerprint density at radius 2 is 1.65 bits per heavy atom. The largest absolute Gasteiger partial charge is 0.481 e. The van der Waals surface area contributed by atoms with Crippen LogP contribution in [-0.2, 0) is 14.3 Å². The van der Waals surface area contributed by atoms with Crippen LogP contribution in [0.2, 0.25) is 0 Å². The molecule has 7 heteroatoms. The van der Waals surface area contributed by atoms with Crippen LogP contribution in [0, 0.1) is 5.92 Å². The molecule has 1 fully saturated rings. The van der Waals surface area contributed by atoms with Crippen LogP contribution in [0.5, 0.6) is 0 Å². The Labute approximate surface area is 200 Å². The molecular weight excluding hydrogens is 432 g/mol. The van der Waals surface area contributed by atoms with Crippen molar-refractivity contribution in [2.45, 2.75) is 44.4 Å². The third-order valence-corrected chi connectivity index (χ3v) is 6.80. The van der Waals surface area contributed by atoms with Gasteiger partial charge in [-0.05, 0) is 47.9 Å². The fourth-order valence-corrected chi connectivity index (χ4v) is 4.98. The minimum absolute atomic E-state index is 0.0236. The molecule has 0 bridgehead atoms. The van der Waals surface area contributed by atoms with Gasteiger partial charge in [0.1, 0.15) is 6.61 Å². The van der Waals surface area contributed by atoms with E-state index in [9.17, 15) is 14.4 Å². The van der Waals surface area contributed by atoms with E-state index in [0.29, 0.717) is 39.1 Å². The minimum atomic E-state index is -0.822. The highest BCUT2D eigenvalue weighted by Crippen LogP contribution is 2.44. The summed E-state index contributed by atoms with van der Waals surface area (Å²) in [6.45, 7) is 1.75. The molecular formula is C27H32N2O5. The molecule has 1 aliphatic carbocycles. The third kappa shape index (κ3) is 5.58. The summed E-state index contributed by atoms with van der Waals surface area (Å²) >= 11 is 0. The number of unbranched alkanes of at least 4 members (excludes halogenated alkanes) is 2. The third-order valence-electron chi connectivity index (χ3n) is 6.80. The normalized spacial score (nSPS) is 17.1. The number of benzene rings is 2. The molecule has 34 heavy (non-hydrogen) atoms. The number of ether oxygens (including phenoxy) is 1. The Balaban J connectivity index is 1.13. The van der Waals surface area contributed by atoms with Crippen LogP contribution in [0.25, 0.3) is 11.1 Å². The molecule has 2 amide bonds. The zero-order chi connectivity index (χ0) is 23.9. The average Bonchev–Trinajstić information content (AvgIpc) is 3.18. The first-order chi connectivity index (χ1) is 16.5. The number of nitrogens with one attached hydrogen (secondary N) is 1. The van der Waals surface area contributed by atoms with E-state index < -0.39 is 18.0 Å². The van der Waals surface area contributed by atoms with Crippen molar-refractivity contribution in [1.29, 1.82) is 0 Å². The summed E-state index contributed by atoms with van der Waals surface area (Å²) in [6.07, 6.45) is 3.66. The summed E-state index contributed by atoms with van der Waals surface area (Å²) in [7, 11) is 0. The Morgan fingerprint density at radius 3 is 2.32 bits per heavy atom. The number of alkyl carbamates (subject to hydrolysis) is 1. The van der Waals surface area contributed by atoms with Gasteiger partial charge in [-0.25, -0.2) is 4.79 Å². The number of likely N-dealkylation sites (tertiary alicyclic amines) is 1. The number of carbonyl (C=O) groups excluding carboxylic acids is 2. The van der Waals surface area contributed by atoms with E-state index in [4.69, 9.17) is 9.84 Å². The lowest BCUT2D eigenvalue weighted by Crippen LogP contribution is -2.42. The maximum absolute atomic E-state index is 12.3. The first-order valence-corrected chi connectivity index (χ1v) is 12.1. The van der Waals surface area contributed by atoms with Gasteiger partial charge in [0.05, 0.1) is 5.92 Å². The highest BCUT2D eigenvalue weighted by atomic mass is 16.5. The molecule has 7 nitrogen and oxygen atoms in total. The molecule has 2 aromatic carbocycles. The fraction of sp³-hybridized carbons (Fsp3) is 0.444. The number of fused-ring (bicyclic) bond motifs is 3. The van der Waals surface area contributed by atoms with Crippen molar-refractivity contribution in [1.82, 2.24) is 10.2 Å². The van der Waals surface area contributed by atoms with E-state index in [1.54, 1.807) is 4.90 Å².